The lowest BCUT2D eigenvalue weighted by atomic mass is 10.2. The van der Waals surface area contributed by atoms with Crippen molar-refractivity contribution in [3.63, 3.8) is 0 Å². The van der Waals surface area contributed by atoms with Gasteiger partial charge in [-0.25, -0.2) is 16.8 Å². The van der Waals surface area contributed by atoms with Gasteiger partial charge in [-0.05, 0) is 48.9 Å². The zero-order chi connectivity index (χ0) is 18.9. The summed E-state index contributed by atoms with van der Waals surface area (Å²) in [5.41, 5.74) is 0.967. The van der Waals surface area contributed by atoms with Crippen molar-refractivity contribution in [1.29, 1.82) is 0 Å². The minimum atomic E-state index is -3.88. The standard InChI is InChI=1S/C17H18N2O5S2/c1-25(21,22)15-7-9-16(10-8-15)26(23,24)18-13-4-2-5-14(12-13)19-11-3-6-17(19)20/h2,4-5,7-10,12,18H,3,6,11H2,1H3. The topological polar surface area (TPSA) is 101 Å². The quantitative estimate of drug-likeness (QED) is 0.836. The Morgan fingerprint density at radius 2 is 1.62 bits per heavy atom. The number of nitrogens with zero attached hydrogens (tertiary/aromatic N) is 1. The molecular formula is C17H18N2O5S2. The third kappa shape index (κ3) is 3.88. The molecule has 0 aliphatic carbocycles. The Kier molecular flexibility index (Phi) is 4.76. The highest BCUT2D eigenvalue weighted by Crippen LogP contribution is 2.26. The first-order valence-electron chi connectivity index (χ1n) is 7.90. The molecule has 1 heterocycles. The minimum Gasteiger partial charge on any atom is -0.312 e. The molecule has 1 N–H and O–H groups in total. The van der Waals surface area contributed by atoms with Crippen LogP contribution in [0.1, 0.15) is 12.8 Å². The number of carbonyl (C=O) groups is 1. The van der Waals surface area contributed by atoms with Gasteiger partial charge in [0.05, 0.1) is 15.5 Å². The van der Waals surface area contributed by atoms with Gasteiger partial charge in [-0.2, -0.15) is 0 Å². The second kappa shape index (κ2) is 6.73. The Labute approximate surface area is 152 Å². The molecule has 0 bridgehead atoms. The fraction of sp³-hybridized carbons (Fsp3) is 0.235. The molecule has 0 radical (unpaired) electrons. The van der Waals surface area contributed by atoms with Crippen molar-refractivity contribution >= 4 is 37.1 Å². The number of anilines is 2. The summed E-state index contributed by atoms with van der Waals surface area (Å²) >= 11 is 0. The molecule has 0 spiro atoms. The molecule has 26 heavy (non-hydrogen) atoms. The van der Waals surface area contributed by atoms with E-state index in [0.717, 1.165) is 12.7 Å². The van der Waals surface area contributed by atoms with Crippen molar-refractivity contribution in [3.05, 3.63) is 48.5 Å². The monoisotopic (exact) mass is 394 g/mol. The van der Waals surface area contributed by atoms with Crippen molar-refractivity contribution in [1.82, 2.24) is 0 Å². The van der Waals surface area contributed by atoms with Gasteiger partial charge in [0.1, 0.15) is 0 Å². The first kappa shape index (κ1) is 18.4. The molecule has 1 aliphatic heterocycles. The van der Waals surface area contributed by atoms with E-state index in [2.05, 4.69) is 4.72 Å². The predicted molar refractivity (Wildman–Crippen MR) is 98.4 cm³/mol. The number of sulfonamides is 1. The number of sulfone groups is 1. The number of benzene rings is 2. The molecule has 0 saturated carbocycles. The summed E-state index contributed by atoms with van der Waals surface area (Å²) in [6.45, 7) is 0.613. The number of nitrogens with one attached hydrogen (secondary N) is 1. The van der Waals surface area contributed by atoms with Crippen LogP contribution in [0, 0.1) is 0 Å². The van der Waals surface area contributed by atoms with Crippen LogP contribution in [0.4, 0.5) is 11.4 Å². The number of amides is 1. The Morgan fingerprint density at radius 3 is 2.19 bits per heavy atom. The Bertz CT molecular complexity index is 1040. The highest BCUT2D eigenvalue weighted by atomic mass is 32.2. The fourth-order valence-corrected chi connectivity index (χ4v) is 4.42. The van der Waals surface area contributed by atoms with Gasteiger partial charge in [0, 0.05) is 24.9 Å². The van der Waals surface area contributed by atoms with Crippen LogP contribution in [0.3, 0.4) is 0 Å². The van der Waals surface area contributed by atoms with Gasteiger partial charge in [0.15, 0.2) is 9.84 Å². The molecule has 7 nitrogen and oxygen atoms in total. The molecule has 2 aromatic carbocycles. The Balaban J connectivity index is 1.84. The van der Waals surface area contributed by atoms with E-state index in [-0.39, 0.29) is 15.7 Å². The molecule has 1 aliphatic rings. The molecule has 138 valence electrons. The lowest BCUT2D eigenvalue weighted by Crippen LogP contribution is -2.23. The summed E-state index contributed by atoms with van der Waals surface area (Å²) < 4.78 is 50.4. The summed E-state index contributed by atoms with van der Waals surface area (Å²) in [5, 5.41) is 0. The third-order valence-corrected chi connectivity index (χ3v) is 6.57. The predicted octanol–water partition coefficient (Wildman–Crippen LogP) is 2.02. The van der Waals surface area contributed by atoms with Crippen LogP contribution in [0.5, 0.6) is 0 Å². The van der Waals surface area contributed by atoms with Crippen molar-refractivity contribution < 1.29 is 21.6 Å². The van der Waals surface area contributed by atoms with Gasteiger partial charge in [-0.3, -0.25) is 9.52 Å². The van der Waals surface area contributed by atoms with E-state index in [1.54, 1.807) is 29.2 Å². The van der Waals surface area contributed by atoms with Crippen LogP contribution < -0.4 is 9.62 Å². The third-order valence-electron chi connectivity index (χ3n) is 4.05. The molecule has 0 aromatic heterocycles. The van der Waals surface area contributed by atoms with Crippen molar-refractivity contribution in [2.24, 2.45) is 0 Å². The van der Waals surface area contributed by atoms with Gasteiger partial charge in [0.2, 0.25) is 5.91 Å². The van der Waals surface area contributed by atoms with Crippen molar-refractivity contribution in [2.75, 3.05) is 22.4 Å². The van der Waals surface area contributed by atoms with Crippen LogP contribution in [-0.4, -0.2) is 35.5 Å². The number of hydrogen-bond donors (Lipinski definition) is 1. The van der Waals surface area contributed by atoms with Crippen LogP contribution >= 0.6 is 0 Å². The normalized spacial score (nSPS) is 15.3. The molecular weight excluding hydrogens is 376 g/mol. The van der Waals surface area contributed by atoms with E-state index in [1.165, 1.54) is 24.3 Å². The summed E-state index contributed by atoms with van der Waals surface area (Å²) in [7, 11) is -7.27. The molecule has 1 amide bonds. The molecule has 3 rings (SSSR count). The first-order chi connectivity index (χ1) is 12.2. The molecule has 1 fully saturated rings. The fourth-order valence-electron chi connectivity index (χ4n) is 2.74. The first-order valence-corrected chi connectivity index (χ1v) is 11.3. The second-order valence-electron chi connectivity index (χ2n) is 6.05. The summed E-state index contributed by atoms with van der Waals surface area (Å²) in [6.07, 6.45) is 2.32. The average Bonchev–Trinajstić information content (AvgIpc) is 3.00. The molecule has 2 aromatic rings. The largest absolute Gasteiger partial charge is 0.312 e. The summed E-state index contributed by atoms with van der Waals surface area (Å²) in [5.74, 6) is 0.0152. The lowest BCUT2D eigenvalue weighted by molar-refractivity contribution is -0.117. The minimum absolute atomic E-state index is 0.0152. The number of rotatable bonds is 5. The summed E-state index contributed by atoms with van der Waals surface area (Å²) in [4.78, 5) is 13.5. The van der Waals surface area contributed by atoms with Gasteiger partial charge in [0.25, 0.3) is 10.0 Å². The van der Waals surface area contributed by atoms with Crippen LogP contribution in [0.15, 0.2) is 58.3 Å². The van der Waals surface area contributed by atoms with Gasteiger partial charge < -0.3 is 4.90 Å². The van der Waals surface area contributed by atoms with E-state index in [1.807, 2.05) is 0 Å². The van der Waals surface area contributed by atoms with Crippen molar-refractivity contribution in [3.8, 4) is 0 Å². The lowest BCUT2D eigenvalue weighted by Gasteiger charge is -2.17. The maximum atomic E-state index is 12.5. The average molecular weight is 394 g/mol. The van der Waals surface area contributed by atoms with Gasteiger partial charge in [-0.1, -0.05) is 6.07 Å². The number of hydrogen-bond acceptors (Lipinski definition) is 5. The highest BCUT2D eigenvalue weighted by molar-refractivity contribution is 7.92. The van der Waals surface area contributed by atoms with E-state index in [4.69, 9.17) is 0 Å². The van der Waals surface area contributed by atoms with Gasteiger partial charge >= 0.3 is 0 Å². The Hall–Kier alpha value is -2.39. The van der Waals surface area contributed by atoms with E-state index in [0.29, 0.717) is 24.3 Å². The summed E-state index contributed by atoms with van der Waals surface area (Å²) in [6, 6.07) is 11.6. The molecule has 0 unspecified atom stereocenters. The molecule has 9 heteroatoms. The number of carbonyl (C=O) groups excluding carboxylic acids is 1. The second-order valence-corrected chi connectivity index (χ2v) is 9.75. The highest BCUT2D eigenvalue weighted by Gasteiger charge is 2.22. The SMILES string of the molecule is CS(=O)(=O)c1ccc(S(=O)(=O)Nc2cccc(N3CCCC3=O)c2)cc1. The van der Waals surface area contributed by atoms with Crippen LogP contribution in [0.2, 0.25) is 0 Å². The van der Waals surface area contributed by atoms with E-state index in [9.17, 15) is 21.6 Å². The maximum Gasteiger partial charge on any atom is 0.261 e. The maximum absolute atomic E-state index is 12.5. The Morgan fingerprint density at radius 1 is 0.962 bits per heavy atom. The molecule has 1 saturated heterocycles. The van der Waals surface area contributed by atoms with Crippen LogP contribution in [0.25, 0.3) is 0 Å². The zero-order valence-electron chi connectivity index (χ0n) is 14.0. The van der Waals surface area contributed by atoms with Crippen LogP contribution in [-0.2, 0) is 24.7 Å². The smallest absolute Gasteiger partial charge is 0.261 e. The van der Waals surface area contributed by atoms with Crippen molar-refractivity contribution in [2.45, 2.75) is 22.6 Å². The molecule has 0 atom stereocenters. The zero-order valence-corrected chi connectivity index (χ0v) is 15.7. The van der Waals surface area contributed by atoms with Gasteiger partial charge in [-0.15, -0.1) is 0 Å². The van der Waals surface area contributed by atoms with E-state index < -0.39 is 19.9 Å². The van der Waals surface area contributed by atoms with E-state index >= 15 is 0 Å².